The molecule has 0 spiro atoms. The van der Waals surface area contributed by atoms with Gasteiger partial charge in [-0.15, -0.1) is 0 Å². The summed E-state index contributed by atoms with van der Waals surface area (Å²) in [5.41, 5.74) is 1.25. The highest BCUT2D eigenvalue weighted by Gasteiger charge is 2.28. The molecule has 0 N–H and O–H groups in total. The molecular formula is C15H22O2. The van der Waals surface area contributed by atoms with E-state index in [1.807, 2.05) is 25.1 Å². The summed E-state index contributed by atoms with van der Waals surface area (Å²) in [7, 11) is 0. The van der Waals surface area contributed by atoms with Gasteiger partial charge in [-0.25, -0.2) is 0 Å². The fourth-order valence-electron chi connectivity index (χ4n) is 2.00. The lowest BCUT2D eigenvalue weighted by Gasteiger charge is -2.30. The van der Waals surface area contributed by atoms with Crippen LogP contribution in [0.15, 0.2) is 30.3 Å². The first-order valence-corrected chi connectivity index (χ1v) is 6.15. The van der Waals surface area contributed by atoms with Crippen molar-refractivity contribution in [3.8, 4) is 0 Å². The number of carbonyl (C=O) groups excluding carboxylic acids is 1. The largest absolute Gasteiger partial charge is 0.466 e. The summed E-state index contributed by atoms with van der Waals surface area (Å²) in [6.45, 7) is 8.76. The lowest BCUT2D eigenvalue weighted by molar-refractivity contribution is -0.144. The second kappa shape index (κ2) is 5.85. The highest BCUT2D eigenvalue weighted by molar-refractivity contribution is 5.70. The van der Waals surface area contributed by atoms with Crippen molar-refractivity contribution in [3.05, 3.63) is 35.9 Å². The van der Waals surface area contributed by atoms with Crippen LogP contribution >= 0.6 is 0 Å². The second-order valence-corrected chi connectivity index (χ2v) is 5.34. The van der Waals surface area contributed by atoms with Crippen molar-refractivity contribution in [1.29, 1.82) is 0 Å². The molecule has 0 saturated carbocycles. The molecular weight excluding hydrogens is 212 g/mol. The Morgan fingerprint density at radius 2 is 1.82 bits per heavy atom. The molecule has 0 aliphatic rings. The van der Waals surface area contributed by atoms with Crippen LogP contribution in [-0.4, -0.2) is 12.6 Å². The van der Waals surface area contributed by atoms with Gasteiger partial charge in [-0.3, -0.25) is 4.79 Å². The SMILES string of the molecule is CCOC(=O)C[C@H](c1ccccc1)C(C)(C)C. The Bertz CT molecular complexity index is 349. The molecule has 0 radical (unpaired) electrons. The van der Waals surface area contributed by atoms with E-state index in [4.69, 9.17) is 4.74 Å². The average molecular weight is 234 g/mol. The third-order valence-corrected chi connectivity index (χ3v) is 2.92. The van der Waals surface area contributed by atoms with Gasteiger partial charge in [0.2, 0.25) is 0 Å². The van der Waals surface area contributed by atoms with Crippen LogP contribution in [0.4, 0.5) is 0 Å². The Kier molecular flexibility index (Phi) is 4.73. The van der Waals surface area contributed by atoms with Gasteiger partial charge in [-0.2, -0.15) is 0 Å². The van der Waals surface area contributed by atoms with Gasteiger partial charge in [0.05, 0.1) is 13.0 Å². The Morgan fingerprint density at radius 1 is 1.24 bits per heavy atom. The van der Waals surface area contributed by atoms with Gasteiger partial charge < -0.3 is 4.74 Å². The summed E-state index contributed by atoms with van der Waals surface area (Å²) in [6, 6.07) is 10.2. The van der Waals surface area contributed by atoms with E-state index in [1.54, 1.807) is 0 Å². The minimum atomic E-state index is -0.115. The number of benzene rings is 1. The van der Waals surface area contributed by atoms with Gasteiger partial charge in [0.25, 0.3) is 0 Å². The molecule has 0 aliphatic carbocycles. The van der Waals surface area contributed by atoms with Crippen molar-refractivity contribution >= 4 is 5.97 Å². The van der Waals surface area contributed by atoms with E-state index in [1.165, 1.54) is 5.56 Å². The molecule has 2 nitrogen and oxygen atoms in total. The Hall–Kier alpha value is -1.31. The van der Waals surface area contributed by atoms with Gasteiger partial charge >= 0.3 is 5.97 Å². The van der Waals surface area contributed by atoms with Crippen LogP contribution in [-0.2, 0) is 9.53 Å². The summed E-state index contributed by atoms with van der Waals surface area (Å²) in [6.07, 6.45) is 0.446. The fourth-order valence-corrected chi connectivity index (χ4v) is 2.00. The Labute approximate surface area is 104 Å². The molecule has 1 rings (SSSR count). The minimum absolute atomic E-state index is 0.0497. The predicted molar refractivity (Wildman–Crippen MR) is 69.9 cm³/mol. The predicted octanol–water partition coefficient (Wildman–Crippen LogP) is 3.77. The van der Waals surface area contributed by atoms with Crippen LogP contribution in [0.2, 0.25) is 0 Å². The first-order valence-electron chi connectivity index (χ1n) is 6.15. The highest BCUT2D eigenvalue weighted by Crippen LogP contribution is 2.37. The monoisotopic (exact) mass is 234 g/mol. The van der Waals surface area contributed by atoms with Crippen molar-refractivity contribution in [2.45, 2.75) is 40.0 Å². The van der Waals surface area contributed by atoms with E-state index in [-0.39, 0.29) is 17.3 Å². The summed E-state index contributed by atoms with van der Waals surface area (Å²) in [5.74, 6) is 0.0824. The first-order chi connectivity index (χ1) is 7.95. The molecule has 0 unspecified atom stereocenters. The zero-order chi connectivity index (χ0) is 12.9. The number of hydrogen-bond donors (Lipinski definition) is 0. The topological polar surface area (TPSA) is 26.3 Å². The molecule has 1 atom stereocenters. The van der Waals surface area contributed by atoms with Crippen molar-refractivity contribution in [1.82, 2.24) is 0 Å². The normalized spacial score (nSPS) is 13.2. The maximum atomic E-state index is 11.7. The molecule has 0 aliphatic heterocycles. The van der Waals surface area contributed by atoms with Crippen LogP contribution < -0.4 is 0 Å². The molecule has 0 fully saturated rings. The first kappa shape index (κ1) is 13.8. The lowest BCUT2D eigenvalue weighted by atomic mass is 9.75. The number of rotatable bonds is 4. The van der Waals surface area contributed by atoms with Crippen LogP contribution in [0.3, 0.4) is 0 Å². The second-order valence-electron chi connectivity index (χ2n) is 5.34. The van der Waals surface area contributed by atoms with Gasteiger partial charge in [0, 0.05) is 0 Å². The molecule has 2 heteroatoms. The number of carbonyl (C=O) groups is 1. The van der Waals surface area contributed by atoms with Crippen LogP contribution in [0.1, 0.15) is 45.6 Å². The summed E-state index contributed by atoms with van der Waals surface area (Å²) < 4.78 is 5.05. The third kappa shape index (κ3) is 4.22. The Balaban J connectivity index is 2.87. The average Bonchev–Trinajstić information content (AvgIpc) is 2.26. The zero-order valence-electron chi connectivity index (χ0n) is 11.2. The molecule has 0 bridgehead atoms. The van der Waals surface area contributed by atoms with E-state index in [0.717, 1.165) is 0 Å². The van der Waals surface area contributed by atoms with Gasteiger partial charge in [-0.05, 0) is 23.8 Å². The maximum absolute atomic E-state index is 11.7. The summed E-state index contributed by atoms with van der Waals surface area (Å²) >= 11 is 0. The number of hydrogen-bond acceptors (Lipinski definition) is 2. The van der Waals surface area contributed by atoms with Crippen LogP contribution in [0, 0.1) is 5.41 Å². The van der Waals surface area contributed by atoms with E-state index in [0.29, 0.717) is 13.0 Å². The molecule has 1 aromatic rings. The van der Waals surface area contributed by atoms with Crippen molar-refractivity contribution in [2.24, 2.45) is 5.41 Å². The van der Waals surface area contributed by atoms with E-state index in [9.17, 15) is 4.79 Å². The fraction of sp³-hybridized carbons (Fsp3) is 0.533. The van der Waals surface area contributed by atoms with E-state index in [2.05, 4.69) is 32.9 Å². The molecule has 1 aromatic carbocycles. The number of esters is 1. The smallest absolute Gasteiger partial charge is 0.306 e. The van der Waals surface area contributed by atoms with Crippen LogP contribution in [0.5, 0.6) is 0 Å². The summed E-state index contributed by atoms with van der Waals surface area (Å²) in [4.78, 5) is 11.7. The third-order valence-electron chi connectivity index (χ3n) is 2.92. The van der Waals surface area contributed by atoms with Crippen LogP contribution in [0.25, 0.3) is 0 Å². The minimum Gasteiger partial charge on any atom is -0.466 e. The van der Waals surface area contributed by atoms with Gasteiger partial charge in [0.15, 0.2) is 0 Å². The lowest BCUT2D eigenvalue weighted by Crippen LogP contribution is -2.22. The summed E-state index contributed by atoms with van der Waals surface area (Å²) in [5, 5.41) is 0. The quantitative estimate of drug-likeness (QED) is 0.741. The molecule has 0 amide bonds. The maximum Gasteiger partial charge on any atom is 0.306 e. The van der Waals surface area contributed by atoms with E-state index >= 15 is 0 Å². The zero-order valence-corrected chi connectivity index (χ0v) is 11.2. The van der Waals surface area contributed by atoms with Crippen molar-refractivity contribution in [3.63, 3.8) is 0 Å². The molecule has 0 aromatic heterocycles. The Morgan fingerprint density at radius 3 is 2.29 bits per heavy atom. The molecule has 17 heavy (non-hydrogen) atoms. The molecule has 0 heterocycles. The number of ether oxygens (including phenoxy) is 1. The van der Waals surface area contributed by atoms with Gasteiger partial charge in [-0.1, -0.05) is 51.1 Å². The van der Waals surface area contributed by atoms with Crippen molar-refractivity contribution in [2.75, 3.05) is 6.61 Å². The standard InChI is InChI=1S/C15H22O2/c1-5-17-14(16)11-13(15(2,3)4)12-9-7-6-8-10-12/h6-10,13H,5,11H2,1-4H3/t13-/m1/s1. The molecule has 94 valence electrons. The highest BCUT2D eigenvalue weighted by atomic mass is 16.5. The van der Waals surface area contributed by atoms with Crippen molar-refractivity contribution < 1.29 is 9.53 Å². The van der Waals surface area contributed by atoms with E-state index < -0.39 is 0 Å². The van der Waals surface area contributed by atoms with Gasteiger partial charge in [0.1, 0.15) is 0 Å². The molecule has 0 saturated heterocycles.